The molecule has 2 aliphatic rings. The Balaban J connectivity index is 1.97. The zero-order valence-corrected chi connectivity index (χ0v) is 10.00. The highest BCUT2D eigenvalue weighted by Gasteiger charge is 2.43. The Labute approximate surface area is 92.8 Å². The van der Waals surface area contributed by atoms with Crippen LogP contribution in [0.2, 0.25) is 0 Å². The molecule has 0 radical (unpaired) electrons. The number of β-amino-alcohol motifs (C(OH)–C–C–N with tert-alkyl or cyclic N) is 1. The summed E-state index contributed by atoms with van der Waals surface area (Å²) in [5, 5.41) is 14.1. The van der Waals surface area contributed by atoms with Gasteiger partial charge >= 0.3 is 0 Å². The van der Waals surface area contributed by atoms with Gasteiger partial charge in [0.25, 0.3) is 0 Å². The third-order valence-corrected chi connectivity index (χ3v) is 4.21. The molecule has 2 rings (SSSR count). The van der Waals surface area contributed by atoms with Gasteiger partial charge in [-0.2, -0.15) is 0 Å². The number of likely N-dealkylation sites (N-methyl/N-ethyl adjacent to an activating group) is 1. The molecular formula is C12H24N2O. The number of nitrogens with zero attached hydrogens (tertiary/aromatic N) is 1. The van der Waals surface area contributed by atoms with Gasteiger partial charge in [-0.1, -0.05) is 13.3 Å². The number of aliphatic hydroxyl groups is 1. The van der Waals surface area contributed by atoms with Gasteiger partial charge in [0, 0.05) is 19.1 Å². The lowest BCUT2D eigenvalue weighted by molar-refractivity contribution is -0.00438. The second-order valence-corrected chi connectivity index (χ2v) is 5.40. The van der Waals surface area contributed by atoms with Crippen molar-refractivity contribution in [1.82, 2.24) is 10.2 Å². The summed E-state index contributed by atoms with van der Waals surface area (Å²) in [5.41, 5.74) is -0.470. The molecule has 3 unspecified atom stereocenters. The van der Waals surface area contributed by atoms with Gasteiger partial charge in [-0.15, -0.1) is 0 Å². The predicted octanol–water partition coefficient (Wildman–Crippen LogP) is 0.831. The molecule has 0 aromatic rings. The van der Waals surface area contributed by atoms with E-state index in [9.17, 15) is 5.11 Å². The second kappa shape index (κ2) is 4.40. The smallest absolute Gasteiger partial charge is 0.0938 e. The Kier molecular flexibility index (Phi) is 3.33. The molecule has 2 fully saturated rings. The summed E-state index contributed by atoms with van der Waals surface area (Å²) >= 11 is 0. The molecule has 0 saturated carbocycles. The fraction of sp³-hybridized carbons (Fsp3) is 1.00. The van der Waals surface area contributed by atoms with Crippen LogP contribution in [0, 0.1) is 5.92 Å². The van der Waals surface area contributed by atoms with E-state index in [1.807, 2.05) is 0 Å². The van der Waals surface area contributed by atoms with Gasteiger partial charge in [-0.05, 0) is 38.8 Å². The minimum absolute atomic E-state index is 0.321. The van der Waals surface area contributed by atoms with Crippen molar-refractivity contribution in [2.75, 3.05) is 26.7 Å². The molecule has 3 atom stereocenters. The van der Waals surface area contributed by atoms with E-state index in [0.717, 1.165) is 38.4 Å². The van der Waals surface area contributed by atoms with Gasteiger partial charge in [0.15, 0.2) is 0 Å². The third kappa shape index (κ3) is 2.35. The molecule has 2 N–H and O–H groups in total. The molecule has 3 nitrogen and oxygen atoms in total. The lowest BCUT2D eigenvalue weighted by atomic mass is 9.81. The Morgan fingerprint density at radius 3 is 2.93 bits per heavy atom. The maximum atomic E-state index is 10.6. The van der Waals surface area contributed by atoms with Crippen molar-refractivity contribution in [1.29, 1.82) is 0 Å². The summed E-state index contributed by atoms with van der Waals surface area (Å²) in [6.07, 6.45) is 4.61. The van der Waals surface area contributed by atoms with Crippen LogP contribution >= 0.6 is 0 Å². The van der Waals surface area contributed by atoms with Crippen molar-refractivity contribution in [2.45, 2.75) is 44.2 Å². The molecule has 0 bridgehead atoms. The quantitative estimate of drug-likeness (QED) is 0.712. The van der Waals surface area contributed by atoms with Crippen molar-refractivity contribution in [2.24, 2.45) is 5.92 Å². The first-order chi connectivity index (χ1) is 7.14. The van der Waals surface area contributed by atoms with Crippen LogP contribution < -0.4 is 5.32 Å². The van der Waals surface area contributed by atoms with E-state index in [1.165, 1.54) is 12.8 Å². The largest absolute Gasteiger partial charge is 0.387 e. The van der Waals surface area contributed by atoms with E-state index in [-0.39, 0.29) is 0 Å². The van der Waals surface area contributed by atoms with Gasteiger partial charge in [-0.25, -0.2) is 0 Å². The monoisotopic (exact) mass is 212 g/mol. The fourth-order valence-corrected chi connectivity index (χ4v) is 3.07. The van der Waals surface area contributed by atoms with E-state index >= 15 is 0 Å². The third-order valence-electron chi connectivity index (χ3n) is 4.21. The highest BCUT2D eigenvalue weighted by atomic mass is 16.3. The van der Waals surface area contributed by atoms with Crippen LogP contribution in [-0.4, -0.2) is 48.3 Å². The number of nitrogens with one attached hydrogen (secondary N) is 1. The molecule has 0 aliphatic carbocycles. The highest BCUT2D eigenvalue weighted by molar-refractivity contribution is 5.00. The van der Waals surface area contributed by atoms with E-state index in [2.05, 4.69) is 24.2 Å². The normalized spacial score (nSPS) is 43.4. The summed E-state index contributed by atoms with van der Waals surface area (Å²) < 4.78 is 0. The first-order valence-corrected chi connectivity index (χ1v) is 6.28. The van der Waals surface area contributed by atoms with Crippen LogP contribution in [0.4, 0.5) is 0 Å². The van der Waals surface area contributed by atoms with Crippen molar-refractivity contribution in [3.05, 3.63) is 0 Å². The number of hydrogen-bond acceptors (Lipinski definition) is 3. The second-order valence-electron chi connectivity index (χ2n) is 5.40. The minimum Gasteiger partial charge on any atom is -0.387 e. The van der Waals surface area contributed by atoms with Gasteiger partial charge in [-0.3, -0.25) is 0 Å². The fourth-order valence-electron chi connectivity index (χ4n) is 3.07. The summed E-state index contributed by atoms with van der Waals surface area (Å²) in [5.74, 6) is 0.811. The summed E-state index contributed by atoms with van der Waals surface area (Å²) in [7, 11) is 2.10. The molecular weight excluding hydrogens is 188 g/mol. The molecule has 2 heterocycles. The standard InChI is InChI=1S/C12H24N2O/c1-3-10-4-6-13-11(8-10)12(15)5-7-14(2)9-12/h10-11,13,15H,3-9H2,1-2H3. The molecule has 2 saturated heterocycles. The van der Waals surface area contributed by atoms with Crippen LogP contribution in [0.25, 0.3) is 0 Å². The van der Waals surface area contributed by atoms with Gasteiger partial charge in [0.05, 0.1) is 5.60 Å². The Morgan fingerprint density at radius 2 is 2.33 bits per heavy atom. The van der Waals surface area contributed by atoms with Gasteiger partial charge in [0.2, 0.25) is 0 Å². The van der Waals surface area contributed by atoms with Crippen LogP contribution in [-0.2, 0) is 0 Å². The average molecular weight is 212 g/mol. The molecule has 0 spiro atoms. The Morgan fingerprint density at radius 1 is 1.53 bits per heavy atom. The van der Waals surface area contributed by atoms with Crippen LogP contribution in [0.3, 0.4) is 0 Å². The first-order valence-electron chi connectivity index (χ1n) is 6.28. The van der Waals surface area contributed by atoms with Crippen molar-refractivity contribution < 1.29 is 5.11 Å². The Bertz CT molecular complexity index is 222. The number of piperidine rings is 1. The van der Waals surface area contributed by atoms with E-state index in [1.54, 1.807) is 0 Å². The van der Waals surface area contributed by atoms with Crippen LogP contribution in [0.15, 0.2) is 0 Å². The number of likely N-dealkylation sites (tertiary alicyclic amines) is 1. The predicted molar refractivity (Wildman–Crippen MR) is 61.9 cm³/mol. The van der Waals surface area contributed by atoms with E-state index < -0.39 is 5.60 Å². The molecule has 88 valence electrons. The lowest BCUT2D eigenvalue weighted by Gasteiger charge is -2.39. The number of hydrogen-bond donors (Lipinski definition) is 2. The first kappa shape index (κ1) is 11.4. The zero-order valence-electron chi connectivity index (χ0n) is 10.00. The molecule has 0 amide bonds. The number of rotatable bonds is 2. The maximum Gasteiger partial charge on any atom is 0.0938 e. The lowest BCUT2D eigenvalue weighted by Crippen LogP contribution is -2.55. The van der Waals surface area contributed by atoms with Gasteiger partial charge < -0.3 is 15.3 Å². The van der Waals surface area contributed by atoms with Crippen LogP contribution in [0.1, 0.15) is 32.6 Å². The Hall–Kier alpha value is -0.120. The summed E-state index contributed by atoms with van der Waals surface area (Å²) in [4.78, 5) is 2.23. The van der Waals surface area contributed by atoms with Crippen molar-refractivity contribution in [3.8, 4) is 0 Å². The molecule has 15 heavy (non-hydrogen) atoms. The highest BCUT2D eigenvalue weighted by Crippen LogP contribution is 2.31. The zero-order chi connectivity index (χ0) is 10.9. The minimum atomic E-state index is -0.470. The van der Waals surface area contributed by atoms with Crippen molar-refractivity contribution >= 4 is 0 Å². The SMILES string of the molecule is CCC1CCNC(C2(O)CCN(C)C2)C1. The van der Waals surface area contributed by atoms with E-state index in [0.29, 0.717) is 6.04 Å². The molecule has 0 aromatic heterocycles. The van der Waals surface area contributed by atoms with Crippen molar-refractivity contribution in [3.63, 3.8) is 0 Å². The molecule has 2 aliphatic heterocycles. The summed E-state index contributed by atoms with van der Waals surface area (Å²) in [6.45, 7) is 5.21. The van der Waals surface area contributed by atoms with Crippen LogP contribution in [0.5, 0.6) is 0 Å². The maximum absolute atomic E-state index is 10.6. The molecule has 0 aromatic carbocycles. The van der Waals surface area contributed by atoms with E-state index in [4.69, 9.17) is 0 Å². The topological polar surface area (TPSA) is 35.5 Å². The van der Waals surface area contributed by atoms with Gasteiger partial charge in [0.1, 0.15) is 0 Å². The summed E-state index contributed by atoms with van der Waals surface area (Å²) in [6, 6.07) is 0.321. The average Bonchev–Trinajstić information content (AvgIpc) is 2.60. The molecule has 3 heteroatoms.